The van der Waals surface area contributed by atoms with Crippen molar-refractivity contribution in [1.29, 1.82) is 0 Å². The predicted molar refractivity (Wildman–Crippen MR) is 113 cm³/mol. The number of hydrogen-bond donors (Lipinski definition) is 0. The smallest absolute Gasteiger partial charge is 0.232 e. The lowest BCUT2D eigenvalue weighted by atomic mass is 9.95. The molecule has 2 amide bonds. The highest BCUT2D eigenvalue weighted by molar-refractivity contribution is 7.22. The molecule has 1 unspecified atom stereocenters. The van der Waals surface area contributed by atoms with Crippen LogP contribution in [0, 0.1) is 11.8 Å². The van der Waals surface area contributed by atoms with E-state index in [1.807, 2.05) is 34.1 Å². The van der Waals surface area contributed by atoms with Crippen LogP contribution in [0.3, 0.4) is 0 Å². The van der Waals surface area contributed by atoms with Crippen molar-refractivity contribution < 1.29 is 14.3 Å². The van der Waals surface area contributed by atoms with Gasteiger partial charge in [0, 0.05) is 31.5 Å². The number of hydrogen-bond acceptors (Lipinski definition) is 5. The molecule has 2 aromatic rings. The molecule has 1 atom stereocenters. The molecule has 2 aliphatic heterocycles. The summed E-state index contributed by atoms with van der Waals surface area (Å²) >= 11 is 1.57. The number of piperidine rings is 1. The fourth-order valence-corrected chi connectivity index (χ4v) is 5.37. The van der Waals surface area contributed by atoms with E-state index >= 15 is 0 Å². The number of ether oxygens (including phenoxy) is 1. The molecule has 29 heavy (non-hydrogen) atoms. The lowest BCUT2D eigenvalue weighted by Crippen LogP contribution is -2.46. The number of anilines is 1. The van der Waals surface area contributed by atoms with Gasteiger partial charge in [-0.2, -0.15) is 0 Å². The van der Waals surface area contributed by atoms with E-state index in [2.05, 4.69) is 0 Å². The Hall–Kier alpha value is -1.99. The average Bonchev–Trinajstić information content (AvgIpc) is 3.31. The van der Waals surface area contributed by atoms with Gasteiger partial charge in [0.25, 0.3) is 0 Å². The van der Waals surface area contributed by atoms with Gasteiger partial charge in [-0.05, 0) is 50.7 Å². The average molecular weight is 414 g/mol. The minimum atomic E-state index is -0.0494. The summed E-state index contributed by atoms with van der Waals surface area (Å²) in [6.07, 6.45) is 5.67. The first-order valence-corrected chi connectivity index (χ1v) is 11.6. The summed E-state index contributed by atoms with van der Waals surface area (Å²) in [5, 5.41) is 0.767. The maximum absolute atomic E-state index is 13.5. The standard InChI is InChI=1S/C22H27N3O3S/c26-20(15-7-8-15)24-11-9-16(10-12-24)21(27)25(14-17-4-3-13-28-17)22-23-18-5-1-2-6-19(18)29-22/h1-2,5-6,15-17H,3-4,7-14H2. The van der Waals surface area contributed by atoms with E-state index in [0.717, 1.165) is 60.5 Å². The van der Waals surface area contributed by atoms with Gasteiger partial charge in [-0.3, -0.25) is 14.5 Å². The molecule has 0 N–H and O–H groups in total. The molecular formula is C22H27N3O3S. The Morgan fingerprint density at radius 3 is 2.59 bits per heavy atom. The SMILES string of the molecule is O=C(C1CC1)N1CCC(C(=O)N(CC2CCCO2)c2nc3ccccc3s2)CC1. The van der Waals surface area contributed by atoms with Gasteiger partial charge in [-0.25, -0.2) is 4.98 Å². The Kier molecular flexibility index (Phi) is 5.26. The second-order valence-corrected chi connectivity index (χ2v) is 9.43. The fourth-order valence-electron chi connectivity index (χ4n) is 4.39. The second kappa shape index (κ2) is 8.03. The molecule has 5 rings (SSSR count). The summed E-state index contributed by atoms with van der Waals surface area (Å²) in [4.78, 5) is 34.4. The number of fused-ring (bicyclic) bond motifs is 1. The Morgan fingerprint density at radius 1 is 1.10 bits per heavy atom. The van der Waals surface area contributed by atoms with Gasteiger partial charge in [0.15, 0.2) is 5.13 Å². The van der Waals surface area contributed by atoms with E-state index in [4.69, 9.17) is 9.72 Å². The van der Waals surface area contributed by atoms with Crippen molar-refractivity contribution in [3.8, 4) is 0 Å². The van der Waals surface area contributed by atoms with E-state index in [9.17, 15) is 9.59 Å². The minimum Gasteiger partial charge on any atom is -0.376 e. The molecule has 0 bridgehead atoms. The van der Waals surface area contributed by atoms with Crippen LogP contribution in [0.25, 0.3) is 10.2 Å². The van der Waals surface area contributed by atoms with Gasteiger partial charge < -0.3 is 9.64 Å². The van der Waals surface area contributed by atoms with Crippen LogP contribution < -0.4 is 4.90 Å². The molecule has 3 heterocycles. The summed E-state index contributed by atoms with van der Waals surface area (Å²) in [7, 11) is 0. The van der Waals surface area contributed by atoms with Gasteiger partial charge in [-0.15, -0.1) is 0 Å². The Balaban J connectivity index is 1.32. The number of benzene rings is 1. The molecule has 1 aromatic carbocycles. The summed E-state index contributed by atoms with van der Waals surface area (Å²) in [6.45, 7) is 2.73. The Bertz CT molecular complexity index is 863. The predicted octanol–water partition coefficient (Wildman–Crippen LogP) is 3.46. The van der Waals surface area contributed by atoms with E-state index in [1.54, 1.807) is 11.3 Å². The van der Waals surface area contributed by atoms with E-state index < -0.39 is 0 Å². The highest BCUT2D eigenvalue weighted by Gasteiger charge is 2.37. The number of para-hydroxylation sites is 1. The zero-order valence-corrected chi connectivity index (χ0v) is 17.4. The monoisotopic (exact) mass is 413 g/mol. The third kappa shape index (κ3) is 4.03. The van der Waals surface area contributed by atoms with Gasteiger partial charge >= 0.3 is 0 Å². The highest BCUT2D eigenvalue weighted by atomic mass is 32.1. The lowest BCUT2D eigenvalue weighted by molar-refractivity contribution is -0.136. The van der Waals surface area contributed by atoms with Crippen LogP contribution in [0.1, 0.15) is 38.5 Å². The van der Waals surface area contributed by atoms with Crippen molar-refractivity contribution in [2.24, 2.45) is 11.8 Å². The van der Waals surface area contributed by atoms with Gasteiger partial charge in [0.05, 0.1) is 22.9 Å². The molecule has 6 nitrogen and oxygen atoms in total. The number of rotatable bonds is 5. The number of aromatic nitrogens is 1. The largest absolute Gasteiger partial charge is 0.376 e. The van der Waals surface area contributed by atoms with Gasteiger partial charge in [0.2, 0.25) is 11.8 Å². The summed E-state index contributed by atoms with van der Waals surface area (Å²) in [6, 6.07) is 8.02. The third-order valence-electron chi connectivity index (χ3n) is 6.27. The first-order valence-electron chi connectivity index (χ1n) is 10.8. The number of likely N-dealkylation sites (tertiary alicyclic amines) is 1. The first-order chi connectivity index (χ1) is 14.2. The van der Waals surface area contributed by atoms with Crippen LogP contribution >= 0.6 is 11.3 Å². The zero-order chi connectivity index (χ0) is 19.8. The van der Waals surface area contributed by atoms with Crippen LogP contribution in [-0.4, -0.2) is 54.0 Å². The van der Waals surface area contributed by atoms with Crippen molar-refractivity contribution in [3.63, 3.8) is 0 Å². The number of thiazole rings is 1. The van der Waals surface area contributed by atoms with Crippen LogP contribution in [0.5, 0.6) is 0 Å². The minimum absolute atomic E-state index is 0.0494. The zero-order valence-electron chi connectivity index (χ0n) is 16.6. The topological polar surface area (TPSA) is 62.7 Å². The highest BCUT2D eigenvalue weighted by Crippen LogP contribution is 2.34. The Morgan fingerprint density at radius 2 is 1.90 bits per heavy atom. The molecule has 7 heteroatoms. The van der Waals surface area contributed by atoms with Crippen molar-refractivity contribution in [1.82, 2.24) is 9.88 Å². The molecule has 0 radical (unpaired) electrons. The molecule has 2 saturated heterocycles. The maximum atomic E-state index is 13.5. The van der Waals surface area contributed by atoms with E-state index in [-0.39, 0.29) is 23.8 Å². The van der Waals surface area contributed by atoms with E-state index in [0.29, 0.717) is 25.5 Å². The Labute approximate surface area is 174 Å². The van der Waals surface area contributed by atoms with Crippen molar-refractivity contribution >= 4 is 38.5 Å². The number of carbonyl (C=O) groups is 2. The van der Waals surface area contributed by atoms with Crippen molar-refractivity contribution in [3.05, 3.63) is 24.3 Å². The summed E-state index contributed by atoms with van der Waals surface area (Å²) in [5.41, 5.74) is 0.933. The van der Waals surface area contributed by atoms with Crippen LogP contribution in [-0.2, 0) is 14.3 Å². The summed E-state index contributed by atoms with van der Waals surface area (Å²) < 4.78 is 6.92. The number of carbonyl (C=O) groups excluding carboxylic acids is 2. The van der Waals surface area contributed by atoms with Crippen molar-refractivity contribution in [2.75, 3.05) is 31.1 Å². The van der Waals surface area contributed by atoms with Gasteiger partial charge in [0.1, 0.15) is 0 Å². The van der Waals surface area contributed by atoms with Crippen LogP contribution in [0.4, 0.5) is 5.13 Å². The number of amides is 2. The molecular weight excluding hydrogens is 386 g/mol. The molecule has 3 aliphatic rings. The molecule has 154 valence electrons. The third-order valence-corrected chi connectivity index (χ3v) is 7.33. The van der Waals surface area contributed by atoms with Crippen molar-refractivity contribution in [2.45, 2.75) is 44.6 Å². The molecule has 1 aliphatic carbocycles. The quantitative estimate of drug-likeness (QED) is 0.753. The number of nitrogens with zero attached hydrogens (tertiary/aromatic N) is 3. The fraction of sp³-hybridized carbons (Fsp3) is 0.591. The van der Waals surface area contributed by atoms with Crippen LogP contribution in [0.15, 0.2) is 24.3 Å². The first kappa shape index (κ1) is 19.0. The molecule has 1 saturated carbocycles. The normalized spacial score (nSPS) is 22.9. The van der Waals surface area contributed by atoms with Gasteiger partial charge in [-0.1, -0.05) is 23.5 Å². The molecule has 1 aromatic heterocycles. The maximum Gasteiger partial charge on any atom is 0.232 e. The molecule has 3 fully saturated rings. The lowest BCUT2D eigenvalue weighted by Gasteiger charge is -2.34. The molecule has 0 spiro atoms. The van der Waals surface area contributed by atoms with Crippen LogP contribution in [0.2, 0.25) is 0 Å². The van der Waals surface area contributed by atoms with E-state index in [1.165, 1.54) is 0 Å². The summed E-state index contributed by atoms with van der Waals surface area (Å²) in [5.74, 6) is 0.629. The second-order valence-electron chi connectivity index (χ2n) is 8.42.